The molecule has 1 saturated carbocycles. The maximum absolute atomic E-state index is 12.1. The molecule has 0 aromatic heterocycles. The largest absolute Gasteiger partial charge is 0.467 e. The van der Waals surface area contributed by atoms with E-state index in [4.69, 9.17) is 4.74 Å². The van der Waals surface area contributed by atoms with Crippen molar-refractivity contribution < 1.29 is 9.53 Å². The van der Waals surface area contributed by atoms with Gasteiger partial charge in [0.1, 0.15) is 5.54 Å². The number of benzene rings is 1. The van der Waals surface area contributed by atoms with Gasteiger partial charge >= 0.3 is 5.97 Å². The number of carbonyl (C=O) groups is 1. The topological polar surface area (TPSA) is 38.3 Å². The Kier molecular flexibility index (Phi) is 3.90. The molecule has 0 amide bonds. The molecule has 18 heavy (non-hydrogen) atoms. The molecule has 0 aliphatic heterocycles. The van der Waals surface area contributed by atoms with Gasteiger partial charge in [0.2, 0.25) is 0 Å². The monoisotopic (exact) mass is 247 g/mol. The summed E-state index contributed by atoms with van der Waals surface area (Å²) in [5, 5.41) is 3.39. The van der Waals surface area contributed by atoms with Crippen molar-refractivity contribution in [2.75, 3.05) is 12.4 Å². The highest BCUT2D eigenvalue weighted by molar-refractivity contribution is 5.85. The average molecular weight is 247 g/mol. The number of methoxy groups -OCH3 is 1. The number of para-hydroxylation sites is 1. The van der Waals surface area contributed by atoms with Crippen LogP contribution in [0.15, 0.2) is 30.3 Å². The fourth-order valence-electron chi connectivity index (χ4n) is 2.84. The molecule has 1 aliphatic rings. The molecule has 0 saturated heterocycles. The third kappa shape index (κ3) is 2.50. The van der Waals surface area contributed by atoms with Crippen molar-refractivity contribution in [2.24, 2.45) is 5.92 Å². The molecule has 0 spiro atoms. The number of esters is 1. The minimum atomic E-state index is -0.531. The minimum Gasteiger partial charge on any atom is -0.467 e. The second-order valence-corrected chi connectivity index (χ2v) is 5.08. The fraction of sp³-hybridized carbons (Fsp3) is 0.533. The van der Waals surface area contributed by atoms with Crippen molar-refractivity contribution in [3.63, 3.8) is 0 Å². The normalized spacial score (nSPS) is 26.9. The summed E-state index contributed by atoms with van der Waals surface area (Å²) in [4.78, 5) is 12.1. The van der Waals surface area contributed by atoms with Gasteiger partial charge in [-0.25, -0.2) is 4.79 Å². The van der Waals surface area contributed by atoms with Crippen LogP contribution in [0, 0.1) is 5.92 Å². The molecule has 2 rings (SSSR count). The van der Waals surface area contributed by atoms with Crippen molar-refractivity contribution >= 4 is 11.7 Å². The summed E-state index contributed by atoms with van der Waals surface area (Å²) in [7, 11) is 1.47. The summed E-state index contributed by atoms with van der Waals surface area (Å²) in [6, 6.07) is 9.90. The molecule has 0 radical (unpaired) electrons. The summed E-state index contributed by atoms with van der Waals surface area (Å²) < 4.78 is 5.00. The van der Waals surface area contributed by atoms with Crippen LogP contribution in [0.2, 0.25) is 0 Å². The highest BCUT2D eigenvalue weighted by atomic mass is 16.5. The van der Waals surface area contributed by atoms with Crippen molar-refractivity contribution in [3.8, 4) is 0 Å². The Labute approximate surface area is 109 Å². The number of hydrogen-bond donors (Lipinski definition) is 1. The van der Waals surface area contributed by atoms with Crippen molar-refractivity contribution in [1.29, 1.82) is 0 Å². The summed E-state index contributed by atoms with van der Waals surface area (Å²) in [6.45, 7) is 2.18. The molecule has 1 fully saturated rings. The molecule has 3 heteroatoms. The van der Waals surface area contributed by atoms with Crippen LogP contribution in [0.3, 0.4) is 0 Å². The van der Waals surface area contributed by atoms with E-state index in [1.165, 1.54) is 7.11 Å². The molecule has 1 aromatic rings. The lowest BCUT2D eigenvalue weighted by molar-refractivity contribution is -0.145. The van der Waals surface area contributed by atoms with Gasteiger partial charge < -0.3 is 10.1 Å². The predicted octanol–water partition coefficient (Wildman–Crippen LogP) is 3.22. The van der Waals surface area contributed by atoms with E-state index in [2.05, 4.69) is 12.2 Å². The fourth-order valence-corrected chi connectivity index (χ4v) is 2.84. The molecule has 0 bridgehead atoms. The van der Waals surface area contributed by atoms with Crippen LogP contribution in [0.4, 0.5) is 5.69 Å². The van der Waals surface area contributed by atoms with E-state index >= 15 is 0 Å². The molecule has 0 heterocycles. The molecule has 3 nitrogen and oxygen atoms in total. The summed E-state index contributed by atoms with van der Waals surface area (Å²) in [5.41, 5.74) is 0.455. The molecule has 2 unspecified atom stereocenters. The lowest BCUT2D eigenvalue weighted by Gasteiger charge is -2.29. The van der Waals surface area contributed by atoms with Gasteiger partial charge in [0.05, 0.1) is 7.11 Å². The third-order valence-electron chi connectivity index (χ3n) is 3.93. The zero-order valence-corrected chi connectivity index (χ0v) is 11.1. The zero-order chi connectivity index (χ0) is 13.0. The van der Waals surface area contributed by atoms with Crippen molar-refractivity contribution in [3.05, 3.63) is 30.3 Å². The van der Waals surface area contributed by atoms with Gasteiger partial charge in [-0.15, -0.1) is 0 Å². The van der Waals surface area contributed by atoms with Gasteiger partial charge in [0.15, 0.2) is 0 Å². The van der Waals surface area contributed by atoms with Crippen LogP contribution in [0.5, 0.6) is 0 Å². The van der Waals surface area contributed by atoms with E-state index in [9.17, 15) is 4.79 Å². The molecule has 98 valence electrons. The van der Waals surface area contributed by atoms with E-state index < -0.39 is 5.54 Å². The van der Waals surface area contributed by atoms with Gasteiger partial charge in [-0.2, -0.15) is 0 Å². The highest BCUT2D eigenvalue weighted by Gasteiger charge is 2.45. The number of hydrogen-bond acceptors (Lipinski definition) is 3. The van der Waals surface area contributed by atoms with E-state index in [0.717, 1.165) is 31.4 Å². The van der Waals surface area contributed by atoms with Crippen LogP contribution in [0.25, 0.3) is 0 Å². The lowest BCUT2D eigenvalue weighted by atomic mass is 9.94. The summed E-state index contributed by atoms with van der Waals surface area (Å²) >= 11 is 0. The molecule has 1 aromatic carbocycles. The zero-order valence-electron chi connectivity index (χ0n) is 11.1. The Morgan fingerprint density at radius 2 is 2.17 bits per heavy atom. The first-order valence-electron chi connectivity index (χ1n) is 6.62. The first-order chi connectivity index (χ1) is 8.70. The van der Waals surface area contributed by atoms with Crippen LogP contribution in [-0.2, 0) is 9.53 Å². The maximum atomic E-state index is 12.1. The Hall–Kier alpha value is -1.51. The van der Waals surface area contributed by atoms with Gasteiger partial charge in [0, 0.05) is 5.69 Å². The van der Waals surface area contributed by atoms with Gasteiger partial charge in [-0.3, -0.25) is 0 Å². The number of nitrogens with one attached hydrogen (secondary N) is 1. The maximum Gasteiger partial charge on any atom is 0.331 e. The lowest BCUT2D eigenvalue weighted by Crippen LogP contribution is -2.45. The molecular formula is C15H21NO2. The standard InChI is InChI=1S/C15H21NO2/c1-3-12-9-10-15(11-12,14(17)18-2)16-13-7-5-4-6-8-13/h4-8,12,16H,3,9-11H2,1-2H3. The second-order valence-electron chi connectivity index (χ2n) is 5.08. The summed E-state index contributed by atoms with van der Waals surface area (Å²) in [5.74, 6) is 0.475. The van der Waals surface area contributed by atoms with Crippen LogP contribution >= 0.6 is 0 Å². The quantitative estimate of drug-likeness (QED) is 0.830. The molecule has 2 atom stereocenters. The van der Waals surface area contributed by atoms with Gasteiger partial charge in [-0.1, -0.05) is 31.5 Å². The SMILES string of the molecule is CCC1CCC(Nc2ccccc2)(C(=O)OC)C1. The van der Waals surface area contributed by atoms with Crippen LogP contribution in [0.1, 0.15) is 32.6 Å². The average Bonchev–Trinajstić information content (AvgIpc) is 2.83. The van der Waals surface area contributed by atoms with Gasteiger partial charge in [-0.05, 0) is 37.3 Å². The smallest absolute Gasteiger partial charge is 0.331 e. The number of carbonyl (C=O) groups excluding carboxylic acids is 1. The Balaban J connectivity index is 2.19. The van der Waals surface area contributed by atoms with Crippen LogP contribution < -0.4 is 5.32 Å². The first kappa shape index (κ1) is 12.9. The summed E-state index contributed by atoms with van der Waals surface area (Å²) in [6.07, 6.45) is 3.93. The molecule has 1 N–H and O–H groups in total. The molecular weight excluding hydrogens is 226 g/mol. The third-order valence-corrected chi connectivity index (χ3v) is 3.93. The van der Waals surface area contributed by atoms with E-state index in [0.29, 0.717) is 5.92 Å². The number of rotatable bonds is 4. The second kappa shape index (κ2) is 5.42. The van der Waals surface area contributed by atoms with Crippen molar-refractivity contribution in [2.45, 2.75) is 38.1 Å². The highest BCUT2D eigenvalue weighted by Crippen LogP contribution is 2.39. The van der Waals surface area contributed by atoms with Crippen molar-refractivity contribution in [1.82, 2.24) is 0 Å². The predicted molar refractivity (Wildman–Crippen MR) is 72.4 cm³/mol. The molecule has 1 aliphatic carbocycles. The van der Waals surface area contributed by atoms with E-state index in [-0.39, 0.29) is 5.97 Å². The Morgan fingerprint density at radius 1 is 1.44 bits per heavy atom. The first-order valence-corrected chi connectivity index (χ1v) is 6.62. The van der Waals surface area contributed by atoms with E-state index in [1.807, 2.05) is 30.3 Å². The Morgan fingerprint density at radius 3 is 2.72 bits per heavy atom. The number of anilines is 1. The number of ether oxygens (including phenoxy) is 1. The minimum absolute atomic E-state index is 0.137. The van der Waals surface area contributed by atoms with E-state index in [1.54, 1.807) is 0 Å². The van der Waals surface area contributed by atoms with Crippen LogP contribution in [-0.4, -0.2) is 18.6 Å². The van der Waals surface area contributed by atoms with Gasteiger partial charge in [0.25, 0.3) is 0 Å². The Bertz CT molecular complexity index is 404.